The molecule has 2 aromatic heterocycles. The summed E-state index contributed by atoms with van der Waals surface area (Å²) in [4.78, 5) is 12.5. The van der Waals surface area contributed by atoms with Gasteiger partial charge in [0.05, 0.1) is 12.2 Å². The van der Waals surface area contributed by atoms with Crippen molar-refractivity contribution in [3.63, 3.8) is 0 Å². The highest BCUT2D eigenvalue weighted by Crippen LogP contribution is 2.28. The van der Waals surface area contributed by atoms with Crippen molar-refractivity contribution >= 4 is 0 Å². The fourth-order valence-corrected chi connectivity index (χ4v) is 2.23. The Kier molecular flexibility index (Phi) is 4.46. The van der Waals surface area contributed by atoms with Crippen molar-refractivity contribution in [3.8, 4) is 28.3 Å². The highest BCUT2D eigenvalue weighted by Gasteiger charge is 2.17. The maximum atomic E-state index is 14.2. The maximum absolute atomic E-state index is 14.2. The average molecular weight is 327 g/mol. The van der Waals surface area contributed by atoms with Crippen LogP contribution in [0.15, 0.2) is 42.9 Å². The molecule has 6 heteroatoms. The SMILES string of the molecule is CCOc1ccc(-c2ncc(-c3ccc(C)nc3)cn2)c(F)c1F. The number of aryl methyl sites for hydroxylation is 1. The van der Waals surface area contributed by atoms with E-state index in [1.807, 2.05) is 19.1 Å². The number of hydrogen-bond donors (Lipinski definition) is 0. The molecule has 0 amide bonds. The van der Waals surface area contributed by atoms with Crippen molar-refractivity contribution in [1.29, 1.82) is 0 Å². The third kappa shape index (κ3) is 3.08. The van der Waals surface area contributed by atoms with Gasteiger partial charge < -0.3 is 4.74 Å². The second-order valence-corrected chi connectivity index (χ2v) is 5.16. The Balaban J connectivity index is 1.93. The van der Waals surface area contributed by atoms with Crippen LogP contribution in [0.1, 0.15) is 12.6 Å². The molecule has 24 heavy (non-hydrogen) atoms. The standard InChI is InChI=1S/C18H15F2N3O/c1-3-24-15-7-6-14(16(19)17(15)20)18-22-9-13(10-23-18)12-5-4-11(2)21-8-12/h4-10H,3H2,1-2H3. The van der Waals surface area contributed by atoms with E-state index in [9.17, 15) is 8.78 Å². The molecule has 0 aliphatic heterocycles. The van der Waals surface area contributed by atoms with E-state index in [4.69, 9.17) is 4.74 Å². The van der Waals surface area contributed by atoms with E-state index in [-0.39, 0.29) is 23.7 Å². The molecule has 2 heterocycles. The van der Waals surface area contributed by atoms with E-state index in [1.165, 1.54) is 12.1 Å². The van der Waals surface area contributed by atoms with Crippen LogP contribution in [0.5, 0.6) is 5.75 Å². The van der Waals surface area contributed by atoms with E-state index in [0.717, 1.165) is 16.8 Å². The fraction of sp³-hybridized carbons (Fsp3) is 0.167. The van der Waals surface area contributed by atoms with Crippen LogP contribution in [0.4, 0.5) is 8.78 Å². The van der Waals surface area contributed by atoms with Gasteiger partial charge in [0, 0.05) is 35.4 Å². The molecule has 0 aliphatic carbocycles. The lowest BCUT2D eigenvalue weighted by atomic mass is 10.1. The summed E-state index contributed by atoms with van der Waals surface area (Å²) in [6.45, 7) is 3.85. The molecule has 0 saturated heterocycles. The summed E-state index contributed by atoms with van der Waals surface area (Å²) in [5.41, 5.74) is 2.50. The molecule has 0 atom stereocenters. The number of nitrogens with zero attached hydrogens (tertiary/aromatic N) is 3. The van der Waals surface area contributed by atoms with E-state index >= 15 is 0 Å². The van der Waals surface area contributed by atoms with Crippen LogP contribution in [0.25, 0.3) is 22.5 Å². The van der Waals surface area contributed by atoms with Gasteiger partial charge in [0.2, 0.25) is 5.82 Å². The van der Waals surface area contributed by atoms with Crippen LogP contribution >= 0.6 is 0 Å². The van der Waals surface area contributed by atoms with Crippen molar-refractivity contribution < 1.29 is 13.5 Å². The molecular weight excluding hydrogens is 312 g/mol. The number of aromatic nitrogens is 3. The number of rotatable bonds is 4. The van der Waals surface area contributed by atoms with Crippen molar-refractivity contribution in [2.45, 2.75) is 13.8 Å². The summed E-state index contributed by atoms with van der Waals surface area (Å²) in [5.74, 6) is -2.07. The van der Waals surface area contributed by atoms with Crippen LogP contribution in [-0.2, 0) is 0 Å². The van der Waals surface area contributed by atoms with Crippen molar-refractivity contribution in [3.05, 3.63) is 60.2 Å². The first-order valence-electron chi connectivity index (χ1n) is 7.46. The highest BCUT2D eigenvalue weighted by atomic mass is 19.2. The lowest BCUT2D eigenvalue weighted by Crippen LogP contribution is -2.00. The van der Waals surface area contributed by atoms with E-state index in [2.05, 4.69) is 15.0 Å². The predicted octanol–water partition coefficient (Wildman–Crippen LogP) is 4.19. The van der Waals surface area contributed by atoms with Gasteiger partial charge in [-0.25, -0.2) is 14.4 Å². The molecule has 1 aromatic carbocycles. The lowest BCUT2D eigenvalue weighted by Gasteiger charge is -2.08. The van der Waals surface area contributed by atoms with Gasteiger partial charge in [0.1, 0.15) is 0 Å². The molecule has 0 aliphatic rings. The normalized spacial score (nSPS) is 10.7. The number of pyridine rings is 1. The highest BCUT2D eigenvalue weighted by molar-refractivity contribution is 5.63. The quantitative estimate of drug-likeness (QED) is 0.721. The van der Waals surface area contributed by atoms with Gasteiger partial charge in [-0.15, -0.1) is 0 Å². The van der Waals surface area contributed by atoms with Gasteiger partial charge in [0.25, 0.3) is 0 Å². The Hall–Kier alpha value is -2.89. The summed E-state index contributed by atoms with van der Waals surface area (Å²) in [6, 6.07) is 6.56. The van der Waals surface area contributed by atoms with Gasteiger partial charge >= 0.3 is 0 Å². The van der Waals surface area contributed by atoms with E-state index < -0.39 is 11.6 Å². The smallest absolute Gasteiger partial charge is 0.201 e. The molecule has 0 N–H and O–H groups in total. The first-order valence-corrected chi connectivity index (χ1v) is 7.46. The molecular formula is C18H15F2N3O. The minimum Gasteiger partial charge on any atom is -0.491 e. The predicted molar refractivity (Wildman–Crippen MR) is 86.5 cm³/mol. The largest absolute Gasteiger partial charge is 0.491 e. The number of ether oxygens (including phenoxy) is 1. The average Bonchev–Trinajstić information content (AvgIpc) is 2.60. The molecule has 0 fully saturated rings. The second kappa shape index (κ2) is 6.70. The number of hydrogen-bond acceptors (Lipinski definition) is 4. The third-order valence-corrected chi connectivity index (χ3v) is 3.48. The minimum absolute atomic E-state index is 0.00969. The van der Waals surface area contributed by atoms with Gasteiger partial charge in [-0.3, -0.25) is 4.98 Å². The Morgan fingerprint density at radius 1 is 0.875 bits per heavy atom. The Morgan fingerprint density at radius 2 is 1.58 bits per heavy atom. The zero-order valence-corrected chi connectivity index (χ0v) is 13.3. The molecule has 0 saturated carbocycles. The molecule has 3 rings (SSSR count). The molecule has 0 spiro atoms. The molecule has 0 bridgehead atoms. The van der Waals surface area contributed by atoms with Crippen molar-refractivity contribution in [1.82, 2.24) is 15.0 Å². The Bertz CT molecular complexity index is 849. The molecule has 3 aromatic rings. The van der Waals surface area contributed by atoms with Crippen molar-refractivity contribution in [2.75, 3.05) is 6.61 Å². The van der Waals surface area contributed by atoms with Crippen LogP contribution in [0.3, 0.4) is 0 Å². The summed E-state index contributed by atoms with van der Waals surface area (Å²) in [6.07, 6.45) is 4.83. The van der Waals surface area contributed by atoms with Gasteiger partial charge in [-0.05, 0) is 32.0 Å². The number of halogens is 2. The third-order valence-electron chi connectivity index (χ3n) is 3.48. The van der Waals surface area contributed by atoms with Gasteiger partial charge in [-0.2, -0.15) is 4.39 Å². The first kappa shape index (κ1) is 16.0. The van der Waals surface area contributed by atoms with Gasteiger partial charge in [-0.1, -0.05) is 6.07 Å². The summed E-state index contributed by atoms with van der Waals surface area (Å²) in [5, 5.41) is 0. The summed E-state index contributed by atoms with van der Waals surface area (Å²) < 4.78 is 33.2. The second-order valence-electron chi connectivity index (χ2n) is 5.16. The zero-order chi connectivity index (χ0) is 17.1. The monoisotopic (exact) mass is 327 g/mol. The van der Waals surface area contributed by atoms with Crippen molar-refractivity contribution in [2.24, 2.45) is 0 Å². The first-order chi connectivity index (χ1) is 11.6. The molecule has 0 unspecified atom stereocenters. The fourth-order valence-electron chi connectivity index (χ4n) is 2.23. The minimum atomic E-state index is -1.04. The molecule has 122 valence electrons. The van der Waals surface area contributed by atoms with Crippen LogP contribution in [-0.4, -0.2) is 21.6 Å². The summed E-state index contributed by atoms with van der Waals surface area (Å²) in [7, 11) is 0. The van der Waals surface area contributed by atoms with Gasteiger partial charge in [0.15, 0.2) is 17.4 Å². The van der Waals surface area contributed by atoms with Crippen LogP contribution in [0.2, 0.25) is 0 Å². The molecule has 4 nitrogen and oxygen atoms in total. The molecule has 0 radical (unpaired) electrons. The maximum Gasteiger partial charge on any atom is 0.201 e. The summed E-state index contributed by atoms with van der Waals surface area (Å²) >= 11 is 0. The van der Waals surface area contributed by atoms with E-state index in [1.54, 1.807) is 25.5 Å². The zero-order valence-electron chi connectivity index (χ0n) is 13.3. The topological polar surface area (TPSA) is 47.9 Å². The van der Waals surface area contributed by atoms with Crippen LogP contribution < -0.4 is 4.74 Å². The van der Waals surface area contributed by atoms with E-state index in [0.29, 0.717) is 0 Å². The van der Waals surface area contributed by atoms with Crippen LogP contribution in [0, 0.1) is 18.6 Å². The Labute approximate surface area is 138 Å². The number of benzene rings is 1. The lowest BCUT2D eigenvalue weighted by molar-refractivity contribution is 0.314. The Morgan fingerprint density at radius 3 is 2.21 bits per heavy atom.